The van der Waals surface area contributed by atoms with E-state index in [1.807, 2.05) is 0 Å². The molecule has 0 saturated heterocycles. The third-order valence-corrected chi connectivity index (χ3v) is 6.01. The van der Waals surface area contributed by atoms with Gasteiger partial charge in [0.05, 0.1) is 5.92 Å². The van der Waals surface area contributed by atoms with Crippen molar-refractivity contribution in [2.24, 2.45) is 5.18 Å². The fraction of sp³-hybridized carbons (Fsp3) is 0.435. The lowest BCUT2D eigenvalue weighted by Gasteiger charge is -2.33. The van der Waals surface area contributed by atoms with E-state index in [0.717, 1.165) is 17.7 Å². The molecule has 178 valence electrons. The molecule has 0 bridgehead atoms. The van der Waals surface area contributed by atoms with Crippen LogP contribution in [0.4, 0.5) is 32.0 Å². The first-order valence-corrected chi connectivity index (χ1v) is 10.4. The number of alkyl halides is 6. The monoisotopic (exact) mass is 472 g/mol. The van der Waals surface area contributed by atoms with Gasteiger partial charge < -0.3 is 4.90 Å². The first-order valence-electron chi connectivity index (χ1n) is 10.4. The third-order valence-electron chi connectivity index (χ3n) is 6.01. The minimum absolute atomic E-state index is 0.141. The van der Waals surface area contributed by atoms with Crippen LogP contribution in [0.15, 0.2) is 53.7 Å². The van der Waals surface area contributed by atoms with Gasteiger partial charge in [-0.2, -0.15) is 26.3 Å². The van der Waals surface area contributed by atoms with Crippen LogP contribution in [-0.2, 0) is 16.8 Å². The van der Waals surface area contributed by atoms with Crippen molar-refractivity contribution in [1.29, 1.82) is 0 Å². The molecule has 33 heavy (non-hydrogen) atoms. The summed E-state index contributed by atoms with van der Waals surface area (Å²) in [5, 5.41) is 1.56. The Hall–Kier alpha value is -2.91. The van der Waals surface area contributed by atoms with Crippen LogP contribution in [0.2, 0.25) is 0 Å². The van der Waals surface area contributed by atoms with Gasteiger partial charge in [-0.25, -0.2) is 0 Å². The van der Waals surface area contributed by atoms with Crippen LogP contribution in [-0.4, -0.2) is 24.8 Å². The van der Waals surface area contributed by atoms with Crippen molar-refractivity contribution in [2.75, 3.05) is 11.4 Å². The number of nitroso groups, excluding NO2 is 1. The van der Waals surface area contributed by atoms with Gasteiger partial charge in [0.2, 0.25) is 5.91 Å². The zero-order chi connectivity index (χ0) is 24.4. The second-order valence-electron chi connectivity index (χ2n) is 8.07. The van der Waals surface area contributed by atoms with Gasteiger partial charge >= 0.3 is 17.9 Å². The van der Waals surface area contributed by atoms with Crippen molar-refractivity contribution in [2.45, 2.75) is 56.4 Å². The van der Waals surface area contributed by atoms with Gasteiger partial charge in [-0.15, -0.1) is 4.91 Å². The number of benzene rings is 2. The number of nitrogens with zero attached hydrogens (tertiary/aromatic N) is 2. The second-order valence-corrected chi connectivity index (χ2v) is 8.07. The number of fused-ring (bicyclic) bond motifs is 1. The number of halogens is 6. The number of carbonyl (C=O) groups excluding carboxylic acids is 1. The normalized spacial score (nSPS) is 16.4. The molecule has 1 aliphatic heterocycles. The smallest absolute Gasteiger partial charge is 0.312 e. The topological polar surface area (TPSA) is 49.7 Å². The summed E-state index contributed by atoms with van der Waals surface area (Å²) in [4.78, 5) is 25.8. The summed E-state index contributed by atoms with van der Waals surface area (Å²) in [6.07, 6.45) is -10.0. The molecular weight excluding hydrogens is 450 g/mol. The maximum absolute atomic E-state index is 13.6. The number of anilines is 1. The van der Waals surface area contributed by atoms with Gasteiger partial charge in [0.15, 0.2) is 0 Å². The molecule has 0 radical (unpaired) electrons. The Morgan fingerprint density at radius 2 is 1.58 bits per heavy atom. The van der Waals surface area contributed by atoms with Crippen molar-refractivity contribution >= 4 is 11.6 Å². The van der Waals surface area contributed by atoms with Gasteiger partial charge in [0.25, 0.3) is 0 Å². The molecule has 2 aromatic carbocycles. The van der Waals surface area contributed by atoms with Crippen LogP contribution < -0.4 is 4.90 Å². The van der Waals surface area contributed by atoms with E-state index >= 15 is 0 Å². The van der Waals surface area contributed by atoms with Crippen LogP contribution in [0, 0.1) is 4.91 Å². The van der Waals surface area contributed by atoms with E-state index in [-0.39, 0.29) is 30.1 Å². The summed E-state index contributed by atoms with van der Waals surface area (Å²) in [5.41, 5.74) is -5.07. The summed E-state index contributed by atoms with van der Waals surface area (Å²) in [6, 6.07) is 11.2. The lowest BCUT2D eigenvalue weighted by Crippen LogP contribution is -2.52. The molecule has 3 rings (SSSR count). The van der Waals surface area contributed by atoms with Crippen LogP contribution in [0.5, 0.6) is 0 Å². The molecule has 1 atom stereocenters. The SMILES string of the molecule is C[C@H](C(=O)N1CCCCCc2cc(C(N=O)(C(F)(F)F)C(F)(F)F)ccc21)c1ccccc1. The maximum atomic E-state index is 13.6. The van der Waals surface area contributed by atoms with Crippen LogP contribution in [0.1, 0.15) is 48.8 Å². The number of aryl methyl sites for hydroxylation is 1. The fourth-order valence-corrected chi connectivity index (χ4v) is 4.15. The number of hydrogen-bond donors (Lipinski definition) is 0. The molecule has 10 heteroatoms. The van der Waals surface area contributed by atoms with Crippen LogP contribution >= 0.6 is 0 Å². The molecule has 4 nitrogen and oxygen atoms in total. The summed E-state index contributed by atoms with van der Waals surface area (Å²) in [7, 11) is 0. The second kappa shape index (κ2) is 9.15. The molecule has 0 N–H and O–H groups in total. The van der Waals surface area contributed by atoms with Gasteiger partial charge in [0.1, 0.15) is 0 Å². The van der Waals surface area contributed by atoms with Crippen molar-refractivity contribution < 1.29 is 31.1 Å². The van der Waals surface area contributed by atoms with E-state index in [9.17, 15) is 36.0 Å². The Morgan fingerprint density at radius 1 is 0.939 bits per heavy atom. The fourth-order valence-electron chi connectivity index (χ4n) is 4.15. The largest absolute Gasteiger partial charge is 0.430 e. The Kier molecular flexibility index (Phi) is 6.85. The highest BCUT2D eigenvalue weighted by molar-refractivity contribution is 5.98. The third kappa shape index (κ3) is 4.47. The predicted octanol–water partition coefficient (Wildman–Crippen LogP) is 6.64. The zero-order valence-corrected chi connectivity index (χ0v) is 17.7. The zero-order valence-electron chi connectivity index (χ0n) is 17.7. The van der Waals surface area contributed by atoms with Gasteiger partial charge in [-0.3, -0.25) is 4.79 Å². The van der Waals surface area contributed by atoms with Gasteiger partial charge in [0, 0.05) is 17.8 Å². The number of hydrogen-bond acceptors (Lipinski definition) is 3. The highest BCUT2D eigenvalue weighted by Gasteiger charge is 2.74. The molecule has 1 amide bonds. The molecule has 1 aliphatic rings. The van der Waals surface area contributed by atoms with Crippen molar-refractivity contribution in [3.05, 3.63) is 70.1 Å². The average Bonchev–Trinajstić information content (AvgIpc) is 2.73. The lowest BCUT2D eigenvalue weighted by molar-refractivity contribution is -0.301. The average molecular weight is 472 g/mol. The van der Waals surface area contributed by atoms with E-state index in [0.29, 0.717) is 25.3 Å². The van der Waals surface area contributed by atoms with E-state index in [1.54, 1.807) is 42.4 Å². The Labute approximate surface area is 186 Å². The quantitative estimate of drug-likeness (QED) is 0.370. The maximum Gasteiger partial charge on any atom is 0.430 e. The van der Waals surface area contributed by atoms with E-state index in [1.165, 1.54) is 4.90 Å². The molecule has 1 heterocycles. The minimum Gasteiger partial charge on any atom is -0.312 e. The van der Waals surface area contributed by atoms with Crippen molar-refractivity contribution in [3.8, 4) is 0 Å². The minimum atomic E-state index is -5.99. The molecule has 0 aromatic heterocycles. The van der Waals surface area contributed by atoms with E-state index in [2.05, 4.69) is 0 Å². The standard InChI is InChI=1S/C23H22F6N2O2/c1-15(16-8-4-2-5-9-16)20(32)31-13-7-3-6-10-17-14-18(11-12-19(17)31)21(30-33,22(24,25)26)23(27,28)29/h2,4-5,8-9,11-12,14-15H,3,6-7,10,13H2,1H3/t15-/m0/s1. The van der Waals surface area contributed by atoms with Crippen LogP contribution in [0.3, 0.4) is 0 Å². The summed E-state index contributed by atoms with van der Waals surface area (Å²) >= 11 is 0. The highest BCUT2D eigenvalue weighted by Crippen LogP contribution is 2.53. The molecule has 0 unspecified atom stereocenters. The number of carbonyl (C=O) groups is 1. The summed E-state index contributed by atoms with van der Waals surface area (Å²) in [6.45, 7) is 1.97. The molecule has 0 aliphatic carbocycles. The highest BCUT2D eigenvalue weighted by atomic mass is 19.4. The first kappa shape index (κ1) is 24.7. The van der Waals surface area contributed by atoms with Gasteiger partial charge in [-0.1, -0.05) is 48.9 Å². The molecule has 0 fully saturated rings. The van der Waals surface area contributed by atoms with Crippen molar-refractivity contribution in [3.63, 3.8) is 0 Å². The summed E-state index contributed by atoms with van der Waals surface area (Å²) in [5.74, 6) is -0.886. The Morgan fingerprint density at radius 3 is 2.15 bits per heavy atom. The first-order chi connectivity index (χ1) is 15.4. The Balaban J connectivity index is 2.10. The van der Waals surface area contributed by atoms with E-state index < -0.39 is 29.4 Å². The predicted molar refractivity (Wildman–Crippen MR) is 111 cm³/mol. The molecule has 0 spiro atoms. The van der Waals surface area contributed by atoms with Gasteiger partial charge in [-0.05, 0) is 48.6 Å². The number of amides is 1. The van der Waals surface area contributed by atoms with Crippen molar-refractivity contribution in [1.82, 2.24) is 0 Å². The lowest BCUT2D eigenvalue weighted by atomic mass is 9.86. The Bertz CT molecular complexity index is 990. The number of rotatable bonds is 4. The molecule has 0 saturated carbocycles. The van der Waals surface area contributed by atoms with Crippen LogP contribution in [0.25, 0.3) is 0 Å². The van der Waals surface area contributed by atoms with E-state index in [4.69, 9.17) is 0 Å². The summed E-state index contributed by atoms with van der Waals surface area (Å²) < 4.78 is 81.3. The molecule has 2 aromatic rings. The molecular formula is C23H22F6N2O2.